The second-order valence-corrected chi connectivity index (χ2v) is 9.90. The molecule has 0 nitrogen and oxygen atoms in total. The van der Waals surface area contributed by atoms with Crippen molar-refractivity contribution in [2.75, 3.05) is 0 Å². The predicted molar refractivity (Wildman–Crippen MR) is 64.7 cm³/mol. The van der Waals surface area contributed by atoms with E-state index in [4.69, 9.17) is 0 Å². The molecule has 0 saturated heterocycles. The van der Waals surface area contributed by atoms with Gasteiger partial charge in [-0.1, -0.05) is 0 Å². The molecule has 92 valence electrons. The maximum Gasteiger partial charge on any atom is -1.00 e. The summed E-state index contributed by atoms with van der Waals surface area (Å²) in [7, 11) is 0. The fourth-order valence-corrected chi connectivity index (χ4v) is 8.15. The summed E-state index contributed by atoms with van der Waals surface area (Å²) in [4.78, 5) is 0. The van der Waals surface area contributed by atoms with Crippen LogP contribution < -0.4 is 24.8 Å². The second kappa shape index (κ2) is 7.02. The summed E-state index contributed by atoms with van der Waals surface area (Å²) in [6.07, 6.45) is 9.30. The smallest absolute Gasteiger partial charge is 1.00 e. The van der Waals surface area contributed by atoms with Gasteiger partial charge in [-0.3, -0.25) is 0 Å². The van der Waals surface area contributed by atoms with Crippen LogP contribution in [0.2, 0.25) is 0 Å². The van der Waals surface area contributed by atoms with Crippen LogP contribution >= 0.6 is 0 Å². The summed E-state index contributed by atoms with van der Waals surface area (Å²) in [6.45, 7) is 6.74. The van der Waals surface area contributed by atoms with E-state index >= 15 is 0 Å². The molecule has 0 unspecified atom stereocenters. The van der Waals surface area contributed by atoms with E-state index in [1.54, 1.807) is 6.56 Å². The van der Waals surface area contributed by atoms with Crippen LogP contribution in [0.4, 0.5) is 0 Å². The van der Waals surface area contributed by atoms with Crippen LogP contribution in [0.3, 0.4) is 0 Å². The largest absolute Gasteiger partial charge is 1.00 e. The molecule has 0 aromatic rings. The molecule has 0 spiro atoms. The summed E-state index contributed by atoms with van der Waals surface area (Å²) in [5, 5.41) is 0. The molecule has 3 heteroatoms. The average Bonchev–Trinajstić information content (AvgIpc) is 2.71. The Morgan fingerprint density at radius 1 is 1.06 bits per heavy atom. The molecular formula is C14H18Cl2Zr. The van der Waals surface area contributed by atoms with Crippen molar-refractivity contribution in [2.24, 2.45) is 0 Å². The van der Waals surface area contributed by atoms with Crippen molar-refractivity contribution < 1.29 is 46.1 Å². The summed E-state index contributed by atoms with van der Waals surface area (Å²) in [5.74, 6) is 0. The standard InChI is InChI=1S/C7H9.C6H7.CH2.2ClH.Zr/c1-6-3-4-7(2)5-6;1-6-4-2-3-5-6;;;;/h5H,3H2,1-2H3;2,4H,3H2,1H3;1H2;2*1H;/q;;;;;+2/p-2. The topological polar surface area (TPSA) is 0 Å². The van der Waals surface area contributed by atoms with Gasteiger partial charge < -0.3 is 24.8 Å². The first kappa shape index (κ1) is 17.3. The molecule has 0 aliphatic heterocycles. The monoisotopic (exact) mass is 346 g/mol. The van der Waals surface area contributed by atoms with E-state index in [9.17, 15) is 0 Å². The Hall–Kier alpha value is 0.293. The molecule has 0 radical (unpaired) electrons. The van der Waals surface area contributed by atoms with Crippen LogP contribution in [0, 0.1) is 0 Å². The Morgan fingerprint density at radius 2 is 1.71 bits per heavy atom. The molecule has 0 fully saturated rings. The molecule has 0 aromatic carbocycles. The number of halogens is 2. The van der Waals surface area contributed by atoms with E-state index in [2.05, 4.69) is 43.2 Å². The van der Waals surface area contributed by atoms with Crippen molar-refractivity contribution in [1.82, 2.24) is 0 Å². The molecule has 0 aromatic heterocycles. The van der Waals surface area contributed by atoms with Gasteiger partial charge in [0.2, 0.25) is 0 Å². The first-order valence-electron chi connectivity index (χ1n) is 5.52. The number of hydrogen-bond acceptors (Lipinski definition) is 0. The summed E-state index contributed by atoms with van der Waals surface area (Å²) >= 11 is -1.67. The van der Waals surface area contributed by atoms with Gasteiger partial charge >= 0.3 is 101 Å². The van der Waals surface area contributed by atoms with Crippen LogP contribution in [0.25, 0.3) is 0 Å². The maximum absolute atomic E-state index is 4.54. The van der Waals surface area contributed by atoms with Gasteiger partial charge in [-0.25, -0.2) is 0 Å². The minimum Gasteiger partial charge on any atom is -1.00 e. The van der Waals surface area contributed by atoms with Gasteiger partial charge in [0.15, 0.2) is 0 Å². The van der Waals surface area contributed by atoms with Crippen LogP contribution in [0.1, 0.15) is 33.6 Å². The van der Waals surface area contributed by atoms with E-state index in [0.29, 0.717) is 0 Å². The maximum atomic E-state index is 4.54. The summed E-state index contributed by atoms with van der Waals surface area (Å²) in [6, 6.07) is 0. The Kier molecular flexibility index (Phi) is 7.14. The first-order chi connectivity index (χ1) is 7.09. The molecular weight excluding hydrogens is 330 g/mol. The SMILES string of the molecule is [CH2]=[Zr+2]([C]1=C(C)C=CC1)[C]1=C(C)C=C(C)C1.[Cl-].[Cl-]. The first-order valence-corrected chi connectivity index (χ1v) is 9.72. The minimum atomic E-state index is -1.67. The van der Waals surface area contributed by atoms with E-state index in [1.807, 2.05) is 0 Å². The zero-order valence-corrected chi connectivity index (χ0v) is 14.6. The van der Waals surface area contributed by atoms with Gasteiger partial charge in [0, 0.05) is 0 Å². The third kappa shape index (κ3) is 3.63. The van der Waals surface area contributed by atoms with E-state index < -0.39 is 21.3 Å². The van der Waals surface area contributed by atoms with Gasteiger partial charge in [0.05, 0.1) is 0 Å². The van der Waals surface area contributed by atoms with Crippen LogP contribution in [0.5, 0.6) is 0 Å². The second-order valence-electron chi connectivity index (χ2n) is 4.58. The zero-order valence-electron chi connectivity index (χ0n) is 10.6. The molecule has 0 saturated carbocycles. The van der Waals surface area contributed by atoms with Gasteiger partial charge in [-0.05, 0) is 0 Å². The quantitative estimate of drug-likeness (QED) is 0.537. The number of hydrogen-bond donors (Lipinski definition) is 0. The molecule has 2 aliphatic carbocycles. The number of allylic oxidation sites excluding steroid dienone is 8. The zero-order chi connectivity index (χ0) is 11.0. The molecule has 0 heterocycles. The summed E-state index contributed by atoms with van der Waals surface area (Å²) < 4.78 is 7.96. The van der Waals surface area contributed by atoms with Crippen molar-refractivity contribution in [3.63, 3.8) is 0 Å². The Bertz CT molecular complexity index is 451. The van der Waals surface area contributed by atoms with Crippen LogP contribution in [-0.2, 0) is 21.3 Å². The normalized spacial score (nSPS) is 17.4. The number of rotatable bonds is 2. The van der Waals surface area contributed by atoms with Gasteiger partial charge in [0.25, 0.3) is 0 Å². The van der Waals surface area contributed by atoms with Crippen molar-refractivity contribution in [3.8, 4) is 0 Å². The van der Waals surface area contributed by atoms with Crippen molar-refractivity contribution >= 4 is 4.21 Å². The van der Waals surface area contributed by atoms with Gasteiger partial charge in [-0.2, -0.15) is 0 Å². The minimum absolute atomic E-state index is 0. The average molecular weight is 348 g/mol. The molecule has 2 rings (SSSR count). The Labute approximate surface area is 125 Å². The van der Waals surface area contributed by atoms with Crippen LogP contribution in [0.15, 0.2) is 41.5 Å². The van der Waals surface area contributed by atoms with Gasteiger partial charge in [0.1, 0.15) is 0 Å². The van der Waals surface area contributed by atoms with Crippen molar-refractivity contribution in [2.45, 2.75) is 33.6 Å². The fourth-order valence-electron chi connectivity index (χ4n) is 2.43. The van der Waals surface area contributed by atoms with E-state index in [-0.39, 0.29) is 24.8 Å². The molecule has 0 bridgehead atoms. The molecule has 2 aliphatic rings. The van der Waals surface area contributed by atoms with Crippen LogP contribution in [-0.4, -0.2) is 4.21 Å². The van der Waals surface area contributed by atoms with Crippen molar-refractivity contribution in [3.05, 3.63) is 41.5 Å². The predicted octanol–water partition coefficient (Wildman–Crippen LogP) is -2.10. The Balaban J connectivity index is 0.00000128. The van der Waals surface area contributed by atoms with Crippen molar-refractivity contribution in [1.29, 1.82) is 0 Å². The van der Waals surface area contributed by atoms with E-state index in [1.165, 1.54) is 29.6 Å². The van der Waals surface area contributed by atoms with Gasteiger partial charge in [-0.15, -0.1) is 0 Å². The molecule has 17 heavy (non-hydrogen) atoms. The molecule has 0 N–H and O–H groups in total. The Morgan fingerprint density at radius 3 is 2.12 bits per heavy atom. The van der Waals surface area contributed by atoms with E-state index in [0.717, 1.165) is 0 Å². The fraction of sp³-hybridized carbons (Fsp3) is 0.357. The summed E-state index contributed by atoms with van der Waals surface area (Å²) in [5.41, 5.74) is 4.54. The molecule has 0 atom stereocenters. The third-order valence-corrected chi connectivity index (χ3v) is 9.75. The molecule has 0 amide bonds. The third-order valence-electron chi connectivity index (χ3n) is 3.29.